The fourth-order valence-corrected chi connectivity index (χ4v) is 4.08. The summed E-state index contributed by atoms with van der Waals surface area (Å²) >= 11 is 10.5. The Kier molecular flexibility index (Phi) is 7.90. The van der Waals surface area contributed by atoms with E-state index < -0.39 is 5.97 Å². The Bertz CT molecular complexity index is 1180. The molecule has 0 saturated heterocycles. The molecule has 0 bridgehead atoms. The fourth-order valence-electron chi connectivity index (χ4n) is 2.64. The van der Waals surface area contributed by atoms with Crippen LogP contribution in [0.15, 0.2) is 57.8 Å². The number of ether oxygens (including phenoxy) is 2. The average molecular weight is 509 g/mol. The number of hydrogen-bond acceptors (Lipinski definition) is 5. The molecule has 0 spiro atoms. The topological polar surface area (TPSA) is 57.5 Å². The molecule has 0 aliphatic carbocycles. The number of benzene rings is 2. The molecule has 1 heterocycles. The molecule has 3 aromatic rings. The van der Waals surface area contributed by atoms with Gasteiger partial charge in [-0.3, -0.25) is 9.36 Å². The van der Waals surface area contributed by atoms with Crippen LogP contribution in [0.5, 0.6) is 5.75 Å². The maximum atomic E-state index is 13.0. The molecule has 0 saturated carbocycles. The Morgan fingerprint density at radius 3 is 2.53 bits per heavy atom. The van der Waals surface area contributed by atoms with Gasteiger partial charge in [0, 0.05) is 9.50 Å². The van der Waals surface area contributed by atoms with Gasteiger partial charge in [0.1, 0.15) is 17.0 Å². The Hall–Kier alpha value is -2.35. The second-order valence-corrected chi connectivity index (χ2v) is 8.57. The van der Waals surface area contributed by atoms with Crippen molar-refractivity contribution in [3.05, 3.63) is 83.1 Å². The largest absolute Gasteiger partial charge is 0.492 e. The van der Waals surface area contributed by atoms with E-state index in [1.165, 1.54) is 22.0 Å². The van der Waals surface area contributed by atoms with Crippen LogP contribution in [0.3, 0.4) is 0 Å². The number of aromatic nitrogens is 1. The summed E-state index contributed by atoms with van der Waals surface area (Å²) in [7, 11) is 0. The minimum absolute atomic E-state index is 0.182. The molecule has 156 valence electrons. The monoisotopic (exact) mass is 507 g/mol. The molecule has 0 aliphatic heterocycles. The maximum absolute atomic E-state index is 13.0. The number of halogens is 2. The van der Waals surface area contributed by atoms with Crippen LogP contribution in [0.4, 0.5) is 0 Å². The summed E-state index contributed by atoms with van der Waals surface area (Å²) in [6, 6.07) is 14.6. The highest BCUT2D eigenvalue weighted by Gasteiger charge is 2.08. The normalized spacial score (nSPS) is 12.2. The molecule has 0 unspecified atom stereocenters. The summed E-state index contributed by atoms with van der Waals surface area (Å²) in [5.41, 5.74) is 0.710. The van der Waals surface area contributed by atoms with Crippen LogP contribution in [-0.4, -0.2) is 23.8 Å². The van der Waals surface area contributed by atoms with Crippen LogP contribution in [0.2, 0.25) is 5.02 Å². The van der Waals surface area contributed by atoms with Crippen molar-refractivity contribution < 1.29 is 14.3 Å². The van der Waals surface area contributed by atoms with Crippen molar-refractivity contribution in [3.63, 3.8) is 0 Å². The zero-order chi connectivity index (χ0) is 21.5. The van der Waals surface area contributed by atoms with Crippen LogP contribution in [0, 0.1) is 0 Å². The van der Waals surface area contributed by atoms with E-state index >= 15 is 0 Å². The van der Waals surface area contributed by atoms with Crippen molar-refractivity contribution in [1.29, 1.82) is 0 Å². The van der Waals surface area contributed by atoms with Crippen molar-refractivity contribution in [3.8, 4) is 5.75 Å². The summed E-state index contributed by atoms with van der Waals surface area (Å²) in [5, 5.41) is 0.621. The molecule has 8 heteroatoms. The third-order valence-corrected chi connectivity index (χ3v) is 5.87. The Labute approximate surface area is 191 Å². The zero-order valence-corrected chi connectivity index (χ0v) is 19.3. The molecule has 5 nitrogen and oxygen atoms in total. The van der Waals surface area contributed by atoms with Gasteiger partial charge in [0.15, 0.2) is 0 Å². The van der Waals surface area contributed by atoms with Gasteiger partial charge in [-0.15, -0.1) is 11.3 Å². The second-order valence-electron chi connectivity index (χ2n) is 6.16. The average Bonchev–Trinajstić information content (AvgIpc) is 3.00. The molecule has 0 aliphatic rings. The van der Waals surface area contributed by atoms with Crippen LogP contribution in [-0.2, 0) is 16.1 Å². The van der Waals surface area contributed by atoms with E-state index in [1.807, 2.05) is 24.3 Å². The van der Waals surface area contributed by atoms with Crippen LogP contribution >= 0.6 is 38.9 Å². The minimum atomic E-state index is -0.485. The first kappa shape index (κ1) is 22.3. The number of thiazole rings is 1. The van der Waals surface area contributed by atoms with Gasteiger partial charge >= 0.3 is 5.97 Å². The van der Waals surface area contributed by atoms with Crippen LogP contribution < -0.4 is 19.5 Å². The molecule has 0 amide bonds. The lowest BCUT2D eigenvalue weighted by molar-refractivity contribution is -0.135. The molecular weight excluding hydrogens is 490 g/mol. The molecule has 1 aromatic heterocycles. The molecule has 0 atom stereocenters. The van der Waals surface area contributed by atoms with Crippen LogP contribution in [0.1, 0.15) is 12.5 Å². The summed E-state index contributed by atoms with van der Waals surface area (Å²) < 4.78 is 14.2. The van der Waals surface area contributed by atoms with Gasteiger partial charge in [-0.25, -0.2) is 4.79 Å². The SMILES string of the molecule is CCOC(=O)C=c1sc(=Cc2ccc(Br)cc2)c(=O)n1CCOc1ccc(Cl)cc1. The second kappa shape index (κ2) is 10.6. The maximum Gasteiger partial charge on any atom is 0.333 e. The Morgan fingerprint density at radius 1 is 1.17 bits per heavy atom. The van der Waals surface area contributed by atoms with Crippen molar-refractivity contribution in [2.45, 2.75) is 13.5 Å². The van der Waals surface area contributed by atoms with Crippen molar-refractivity contribution >= 4 is 57.0 Å². The predicted molar refractivity (Wildman–Crippen MR) is 124 cm³/mol. The van der Waals surface area contributed by atoms with Gasteiger partial charge < -0.3 is 9.47 Å². The van der Waals surface area contributed by atoms with Gasteiger partial charge in [0.2, 0.25) is 0 Å². The summed E-state index contributed by atoms with van der Waals surface area (Å²) in [6.07, 6.45) is 3.15. The molecular formula is C22H19BrClNO4S. The third kappa shape index (κ3) is 6.08. The Balaban J connectivity index is 1.91. The molecule has 3 rings (SSSR count). The predicted octanol–water partition coefficient (Wildman–Crippen LogP) is 3.58. The van der Waals surface area contributed by atoms with E-state index in [1.54, 1.807) is 37.3 Å². The van der Waals surface area contributed by atoms with E-state index in [9.17, 15) is 9.59 Å². The lowest BCUT2D eigenvalue weighted by Crippen LogP contribution is -2.33. The smallest absolute Gasteiger partial charge is 0.333 e. The Morgan fingerprint density at radius 2 is 1.87 bits per heavy atom. The molecule has 30 heavy (non-hydrogen) atoms. The van der Waals surface area contributed by atoms with Crippen molar-refractivity contribution in [2.75, 3.05) is 13.2 Å². The summed E-state index contributed by atoms with van der Waals surface area (Å²) in [6.45, 7) is 2.56. The fraction of sp³-hybridized carbons (Fsp3) is 0.182. The number of carbonyl (C=O) groups excluding carboxylic acids is 1. The number of hydrogen-bond donors (Lipinski definition) is 0. The number of carbonyl (C=O) groups is 1. The van der Waals surface area contributed by atoms with Gasteiger partial charge in [-0.1, -0.05) is 39.7 Å². The lowest BCUT2D eigenvalue weighted by Gasteiger charge is -2.06. The van der Waals surface area contributed by atoms with Gasteiger partial charge in [0.05, 0.1) is 23.8 Å². The minimum Gasteiger partial charge on any atom is -0.492 e. The van der Waals surface area contributed by atoms with E-state index in [4.69, 9.17) is 21.1 Å². The molecule has 0 radical (unpaired) electrons. The van der Waals surface area contributed by atoms with Crippen molar-refractivity contribution in [1.82, 2.24) is 4.57 Å². The van der Waals surface area contributed by atoms with Gasteiger partial charge in [-0.2, -0.15) is 0 Å². The zero-order valence-electron chi connectivity index (χ0n) is 16.1. The van der Waals surface area contributed by atoms with E-state index in [2.05, 4.69) is 15.9 Å². The van der Waals surface area contributed by atoms with Crippen LogP contribution in [0.25, 0.3) is 12.2 Å². The highest BCUT2D eigenvalue weighted by Crippen LogP contribution is 2.15. The van der Waals surface area contributed by atoms with Crippen molar-refractivity contribution in [2.24, 2.45) is 0 Å². The quantitative estimate of drug-likeness (QED) is 0.458. The number of rotatable bonds is 7. The first-order chi connectivity index (χ1) is 14.5. The highest BCUT2D eigenvalue weighted by molar-refractivity contribution is 9.10. The van der Waals surface area contributed by atoms with Gasteiger partial charge in [0.25, 0.3) is 5.56 Å². The number of esters is 1. The third-order valence-electron chi connectivity index (χ3n) is 4.03. The molecule has 0 N–H and O–H groups in total. The highest BCUT2D eigenvalue weighted by atomic mass is 79.9. The standard InChI is InChI=1S/C22H19BrClNO4S/c1-2-28-21(26)14-20-25(11-12-29-18-9-7-17(24)8-10-18)22(27)19(30-20)13-15-3-5-16(23)6-4-15/h3-10,13-14H,2,11-12H2,1H3. The van der Waals surface area contributed by atoms with E-state index in [-0.39, 0.29) is 25.3 Å². The summed E-state index contributed by atoms with van der Waals surface area (Å²) in [5.74, 6) is 0.168. The molecule has 0 fully saturated rings. The first-order valence-corrected chi connectivity index (χ1v) is 11.2. The van der Waals surface area contributed by atoms with Gasteiger partial charge in [-0.05, 0) is 55.0 Å². The summed E-state index contributed by atoms with van der Waals surface area (Å²) in [4.78, 5) is 24.9. The van der Waals surface area contributed by atoms with E-state index in [0.717, 1.165) is 10.0 Å². The first-order valence-electron chi connectivity index (χ1n) is 9.20. The van der Waals surface area contributed by atoms with E-state index in [0.29, 0.717) is 20.0 Å². The molecule has 2 aromatic carbocycles. The number of nitrogens with zero attached hydrogens (tertiary/aromatic N) is 1. The lowest BCUT2D eigenvalue weighted by atomic mass is 10.2.